The second-order valence-corrected chi connectivity index (χ2v) is 2.00. The quantitative estimate of drug-likeness (QED) is 0.537. The molecule has 0 bridgehead atoms. The Morgan fingerprint density at radius 2 is 2.30 bits per heavy atom. The molecule has 0 spiro atoms. The third kappa shape index (κ3) is 1.42. The van der Waals surface area contributed by atoms with Crippen LogP contribution in [0.1, 0.15) is 5.56 Å². The second-order valence-electron chi connectivity index (χ2n) is 1.61. The Kier molecular flexibility index (Phi) is 1.83. The van der Waals surface area contributed by atoms with Crippen molar-refractivity contribution in [3.63, 3.8) is 0 Å². The van der Waals surface area contributed by atoms with E-state index in [0.717, 1.165) is 6.07 Å². The van der Waals surface area contributed by atoms with Gasteiger partial charge in [-0.05, 0) is 6.07 Å². The van der Waals surface area contributed by atoms with Crippen molar-refractivity contribution in [2.75, 3.05) is 0 Å². The molecule has 0 aliphatic rings. The average molecular weight is 157 g/mol. The van der Waals surface area contributed by atoms with Gasteiger partial charge in [-0.1, -0.05) is 11.6 Å². The van der Waals surface area contributed by atoms with Crippen molar-refractivity contribution >= 4 is 11.6 Å². The van der Waals surface area contributed by atoms with Crippen molar-refractivity contribution in [2.45, 2.75) is 0 Å². The van der Waals surface area contributed by atoms with Gasteiger partial charge in [0.25, 0.3) is 0 Å². The summed E-state index contributed by atoms with van der Waals surface area (Å²) in [5.74, 6) is -0.732. The number of aromatic nitrogens is 1. The van der Waals surface area contributed by atoms with E-state index in [2.05, 4.69) is 4.98 Å². The van der Waals surface area contributed by atoms with Crippen molar-refractivity contribution in [3.05, 3.63) is 28.8 Å². The van der Waals surface area contributed by atoms with E-state index in [1.807, 2.05) is 0 Å². The predicted octanol–water partition coefficient (Wildman–Crippen LogP) is 1.75. The molecule has 1 rings (SSSR count). The molecular formula is C6H2ClFN2. The first-order valence-corrected chi connectivity index (χ1v) is 2.83. The van der Waals surface area contributed by atoms with Crippen LogP contribution < -0.4 is 0 Å². The van der Waals surface area contributed by atoms with Gasteiger partial charge in [0.15, 0.2) is 0 Å². The minimum Gasteiger partial charge on any atom is -0.208 e. The lowest BCUT2D eigenvalue weighted by Crippen LogP contribution is -1.84. The third-order valence-corrected chi connectivity index (χ3v) is 1.09. The van der Waals surface area contributed by atoms with Crippen LogP contribution in [0.2, 0.25) is 5.15 Å². The van der Waals surface area contributed by atoms with E-state index in [1.54, 1.807) is 6.07 Å². The van der Waals surface area contributed by atoms with E-state index < -0.39 is 5.95 Å². The summed E-state index contributed by atoms with van der Waals surface area (Å²) in [6.07, 6.45) is 0. The highest BCUT2D eigenvalue weighted by molar-refractivity contribution is 6.29. The zero-order valence-electron chi connectivity index (χ0n) is 4.81. The molecule has 1 aromatic rings. The van der Waals surface area contributed by atoms with Gasteiger partial charge in [0, 0.05) is 6.07 Å². The van der Waals surface area contributed by atoms with Crippen LogP contribution in [0.3, 0.4) is 0 Å². The Labute approximate surface area is 61.9 Å². The SMILES string of the molecule is N#Cc1cc(F)nc(Cl)c1. The monoisotopic (exact) mass is 156 g/mol. The highest BCUT2D eigenvalue weighted by Gasteiger charge is 1.97. The van der Waals surface area contributed by atoms with Crippen molar-refractivity contribution < 1.29 is 4.39 Å². The van der Waals surface area contributed by atoms with Crippen LogP contribution in [-0.2, 0) is 0 Å². The summed E-state index contributed by atoms with van der Waals surface area (Å²) in [7, 11) is 0. The molecule has 4 heteroatoms. The zero-order valence-corrected chi connectivity index (χ0v) is 5.56. The topological polar surface area (TPSA) is 36.7 Å². The summed E-state index contributed by atoms with van der Waals surface area (Å²) in [4.78, 5) is 3.23. The summed E-state index contributed by atoms with van der Waals surface area (Å²) in [6.45, 7) is 0. The lowest BCUT2D eigenvalue weighted by molar-refractivity contribution is 0.583. The van der Waals surface area contributed by atoms with E-state index in [9.17, 15) is 4.39 Å². The molecule has 0 amide bonds. The summed E-state index contributed by atoms with van der Waals surface area (Å²) < 4.78 is 12.3. The molecule has 0 fully saturated rings. The molecule has 0 radical (unpaired) electrons. The fourth-order valence-corrected chi connectivity index (χ4v) is 0.728. The molecule has 50 valence electrons. The van der Waals surface area contributed by atoms with E-state index in [-0.39, 0.29) is 10.7 Å². The summed E-state index contributed by atoms with van der Waals surface area (Å²) in [5, 5.41) is 8.28. The van der Waals surface area contributed by atoms with Crippen LogP contribution in [0.5, 0.6) is 0 Å². The Balaban J connectivity index is 3.22. The molecule has 0 atom stereocenters. The fraction of sp³-hybridized carbons (Fsp3) is 0. The largest absolute Gasteiger partial charge is 0.215 e. The van der Waals surface area contributed by atoms with Crippen LogP contribution >= 0.6 is 11.6 Å². The molecule has 10 heavy (non-hydrogen) atoms. The number of nitriles is 1. The van der Waals surface area contributed by atoms with Gasteiger partial charge < -0.3 is 0 Å². The van der Waals surface area contributed by atoms with Crippen molar-refractivity contribution in [1.82, 2.24) is 4.98 Å². The van der Waals surface area contributed by atoms with Crippen LogP contribution in [0, 0.1) is 17.3 Å². The van der Waals surface area contributed by atoms with Gasteiger partial charge in [0.2, 0.25) is 5.95 Å². The first-order valence-electron chi connectivity index (χ1n) is 2.45. The first-order chi connectivity index (χ1) is 4.72. The summed E-state index contributed by atoms with van der Waals surface area (Å²) >= 11 is 5.33. The van der Waals surface area contributed by atoms with Gasteiger partial charge in [-0.25, -0.2) is 4.98 Å². The van der Waals surface area contributed by atoms with Crippen LogP contribution in [-0.4, -0.2) is 4.98 Å². The lowest BCUT2D eigenvalue weighted by Gasteiger charge is -1.89. The van der Waals surface area contributed by atoms with Gasteiger partial charge in [-0.3, -0.25) is 0 Å². The minimum atomic E-state index is -0.732. The number of pyridine rings is 1. The molecule has 0 aliphatic heterocycles. The zero-order chi connectivity index (χ0) is 7.56. The number of hydrogen-bond acceptors (Lipinski definition) is 2. The smallest absolute Gasteiger partial charge is 0.208 e. The van der Waals surface area contributed by atoms with E-state index in [0.29, 0.717) is 0 Å². The third-order valence-electron chi connectivity index (χ3n) is 0.892. The molecule has 0 N–H and O–H groups in total. The Morgan fingerprint density at radius 3 is 2.80 bits per heavy atom. The van der Waals surface area contributed by atoms with E-state index in [1.165, 1.54) is 6.07 Å². The molecule has 0 aromatic carbocycles. The number of nitrogens with zero attached hydrogens (tertiary/aromatic N) is 2. The van der Waals surface area contributed by atoms with Crippen molar-refractivity contribution in [1.29, 1.82) is 5.26 Å². The maximum absolute atomic E-state index is 12.3. The van der Waals surface area contributed by atoms with Crippen molar-refractivity contribution in [3.8, 4) is 6.07 Å². The fourth-order valence-electron chi connectivity index (χ4n) is 0.529. The Hall–Kier alpha value is -1.14. The van der Waals surface area contributed by atoms with Gasteiger partial charge in [-0.15, -0.1) is 0 Å². The number of halogens is 2. The van der Waals surface area contributed by atoms with E-state index >= 15 is 0 Å². The normalized spacial score (nSPS) is 8.90. The molecule has 1 heterocycles. The minimum absolute atomic E-state index is 0.00319. The lowest BCUT2D eigenvalue weighted by atomic mass is 10.3. The van der Waals surface area contributed by atoms with Crippen LogP contribution in [0.15, 0.2) is 12.1 Å². The van der Waals surface area contributed by atoms with Gasteiger partial charge in [-0.2, -0.15) is 9.65 Å². The molecule has 2 nitrogen and oxygen atoms in total. The van der Waals surface area contributed by atoms with Crippen molar-refractivity contribution in [2.24, 2.45) is 0 Å². The molecular weight excluding hydrogens is 155 g/mol. The number of rotatable bonds is 0. The Morgan fingerprint density at radius 1 is 1.60 bits per heavy atom. The van der Waals surface area contributed by atoms with Crippen LogP contribution in [0.4, 0.5) is 4.39 Å². The molecule has 0 saturated carbocycles. The summed E-state index contributed by atoms with van der Waals surface area (Å²) in [5.41, 5.74) is 0.178. The van der Waals surface area contributed by atoms with Gasteiger partial charge in [0.05, 0.1) is 11.6 Å². The summed E-state index contributed by atoms with van der Waals surface area (Å²) in [6, 6.07) is 4.06. The highest BCUT2D eigenvalue weighted by Crippen LogP contribution is 2.08. The molecule has 1 aromatic heterocycles. The predicted molar refractivity (Wildman–Crippen MR) is 33.9 cm³/mol. The molecule has 0 saturated heterocycles. The maximum Gasteiger partial charge on any atom is 0.215 e. The molecule has 0 unspecified atom stereocenters. The Bertz CT molecular complexity index is 272. The maximum atomic E-state index is 12.3. The average Bonchev–Trinajstić information content (AvgIpc) is 1.85. The first kappa shape index (κ1) is 6.97. The standard InChI is InChI=1S/C6H2ClFN2/c7-5-1-4(3-9)2-6(8)10-5/h1-2H. The molecule has 0 aliphatic carbocycles. The van der Waals surface area contributed by atoms with Gasteiger partial charge >= 0.3 is 0 Å². The van der Waals surface area contributed by atoms with Crippen LogP contribution in [0.25, 0.3) is 0 Å². The van der Waals surface area contributed by atoms with E-state index in [4.69, 9.17) is 16.9 Å². The number of hydrogen-bond donors (Lipinski definition) is 0. The van der Waals surface area contributed by atoms with Gasteiger partial charge in [0.1, 0.15) is 5.15 Å². The second kappa shape index (κ2) is 2.63. The highest BCUT2D eigenvalue weighted by atomic mass is 35.5.